The first-order chi connectivity index (χ1) is 9.65. The predicted octanol–water partition coefficient (Wildman–Crippen LogP) is 2.22. The van der Waals surface area contributed by atoms with Gasteiger partial charge in [-0.25, -0.2) is 0 Å². The van der Waals surface area contributed by atoms with E-state index in [-0.39, 0.29) is 5.91 Å². The van der Waals surface area contributed by atoms with Crippen molar-refractivity contribution < 1.29 is 4.79 Å². The van der Waals surface area contributed by atoms with Gasteiger partial charge in [-0.3, -0.25) is 9.89 Å². The SMILES string of the molecule is Cc1cc(C(=O)Nc2n[nH]c3ccccc23)c(C)nn1. The van der Waals surface area contributed by atoms with Crippen LogP contribution in [0.4, 0.5) is 5.82 Å². The normalized spacial score (nSPS) is 10.7. The number of aromatic amines is 1. The zero-order valence-corrected chi connectivity index (χ0v) is 11.1. The van der Waals surface area contributed by atoms with Crippen LogP contribution in [-0.4, -0.2) is 26.3 Å². The highest BCUT2D eigenvalue weighted by Gasteiger charge is 2.14. The fourth-order valence-electron chi connectivity index (χ4n) is 2.01. The molecule has 100 valence electrons. The molecule has 3 aromatic rings. The van der Waals surface area contributed by atoms with Gasteiger partial charge in [-0.15, -0.1) is 0 Å². The molecule has 0 aliphatic rings. The lowest BCUT2D eigenvalue weighted by Gasteiger charge is -2.05. The van der Waals surface area contributed by atoms with E-state index in [1.165, 1.54) is 0 Å². The van der Waals surface area contributed by atoms with E-state index in [0.717, 1.165) is 10.9 Å². The zero-order chi connectivity index (χ0) is 14.1. The molecule has 2 heterocycles. The van der Waals surface area contributed by atoms with Crippen molar-refractivity contribution >= 4 is 22.6 Å². The third-order valence-electron chi connectivity index (χ3n) is 3.05. The van der Waals surface area contributed by atoms with Gasteiger partial charge >= 0.3 is 0 Å². The molecule has 1 aromatic carbocycles. The summed E-state index contributed by atoms with van der Waals surface area (Å²) in [6.07, 6.45) is 0. The quantitative estimate of drug-likeness (QED) is 0.745. The van der Waals surface area contributed by atoms with E-state index in [4.69, 9.17) is 0 Å². The highest BCUT2D eigenvalue weighted by molar-refractivity contribution is 6.08. The van der Waals surface area contributed by atoms with E-state index in [9.17, 15) is 4.79 Å². The highest BCUT2D eigenvalue weighted by atomic mass is 16.1. The number of aromatic nitrogens is 4. The first kappa shape index (κ1) is 12.3. The van der Waals surface area contributed by atoms with Crippen LogP contribution >= 0.6 is 0 Å². The van der Waals surface area contributed by atoms with Crippen LogP contribution in [0.5, 0.6) is 0 Å². The maximum Gasteiger partial charge on any atom is 0.258 e. The molecule has 1 amide bonds. The molecule has 0 bridgehead atoms. The zero-order valence-electron chi connectivity index (χ0n) is 11.1. The Bertz CT molecular complexity index is 793. The molecule has 2 aromatic heterocycles. The number of carbonyl (C=O) groups is 1. The molecule has 20 heavy (non-hydrogen) atoms. The summed E-state index contributed by atoms with van der Waals surface area (Å²) in [7, 11) is 0. The topological polar surface area (TPSA) is 83.6 Å². The molecule has 0 fully saturated rings. The van der Waals surface area contributed by atoms with Gasteiger partial charge in [0.1, 0.15) is 0 Å². The fraction of sp³-hybridized carbons (Fsp3) is 0.143. The van der Waals surface area contributed by atoms with Gasteiger partial charge in [-0.1, -0.05) is 12.1 Å². The number of amides is 1. The van der Waals surface area contributed by atoms with Crippen LogP contribution in [0.1, 0.15) is 21.7 Å². The van der Waals surface area contributed by atoms with Gasteiger partial charge in [0, 0.05) is 5.39 Å². The van der Waals surface area contributed by atoms with Gasteiger partial charge in [0.05, 0.1) is 22.5 Å². The second-order valence-corrected chi connectivity index (χ2v) is 4.56. The highest BCUT2D eigenvalue weighted by Crippen LogP contribution is 2.20. The molecule has 0 atom stereocenters. The van der Waals surface area contributed by atoms with Crippen molar-refractivity contribution in [3.05, 3.63) is 47.3 Å². The number of hydrogen-bond acceptors (Lipinski definition) is 4. The molecular formula is C14H13N5O. The van der Waals surface area contributed by atoms with Crippen LogP contribution in [0.3, 0.4) is 0 Å². The molecule has 2 N–H and O–H groups in total. The number of carbonyl (C=O) groups excluding carboxylic acids is 1. The Balaban J connectivity index is 1.94. The molecular weight excluding hydrogens is 254 g/mol. The summed E-state index contributed by atoms with van der Waals surface area (Å²) in [5.74, 6) is 0.275. The number of anilines is 1. The second kappa shape index (κ2) is 4.73. The fourth-order valence-corrected chi connectivity index (χ4v) is 2.01. The van der Waals surface area contributed by atoms with Gasteiger partial charge in [0.25, 0.3) is 5.91 Å². The maximum absolute atomic E-state index is 12.3. The number of H-pyrrole nitrogens is 1. The molecule has 3 rings (SSSR count). The van der Waals surface area contributed by atoms with Crippen molar-refractivity contribution in [2.75, 3.05) is 5.32 Å². The van der Waals surface area contributed by atoms with E-state index >= 15 is 0 Å². The van der Waals surface area contributed by atoms with Crippen molar-refractivity contribution in [1.29, 1.82) is 0 Å². The molecule has 0 radical (unpaired) electrons. The van der Waals surface area contributed by atoms with Gasteiger partial charge in [-0.05, 0) is 32.0 Å². The summed E-state index contributed by atoms with van der Waals surface area (Å²) in [5.41, 5.74) is 2.67. The van der Waals surface area contributed by atoms with Crippen LogP contribution in [0, 0.1) is 13.8 Å². The van der Waals surface area contributed by atoms with E-state index in [0.29, 0.717) is 22.8 Å². The minimum atomic E-state index is -0.238. The van der Waals surface area contributed by atoms with E-state index < -0.39 is 0 Å². The van der Waals surface area contributed by atoms with Crippen LogP contribution in [0.2, 0.25) is 0 Å². The third kappa shape index (κ3) is 2.11. The van der Waals surface area contributed by atoms with Gasteiger partial charge < -0.3 is 5.32 Å². The van der Waals surface area contributed by atoms with Crippen LogP contribution in [0.25, 0.3) is 10.9 Å². The standard InChI is InChI=1S/C14H13N5O/c1-8-7-11(9(2)17-16-8)14(20)15-13-10-5-3-4-6-12(10)18-19-13/h3-7H,1-2H3,(H2,15,18,19,20). The predicted molar refractivity (Wildman–Crippen MR) is 75.6 cm³/mol. The molecule has 0 saturated heterocycles. The summed E-state index contributed by atoms with van der Waals surface area (Å²) < 4.78 is 0. The number of aryl methyl sites for hydroxylation is 2. The van der Waals surface area contributed by atoms with E-state index in [1.807, 2.05) is 24.3 Å². The number of benzene rings is 1. The van der Waals surface area contributed by atoms with Crippen LogP contribution in [0.15, 0.2) is 30.3 Å². The van der Waals surface area contributed by atoms with Crippen molar-refractivity contribution in [2.24, 2.45) is 0 Å². The number of fused-ring (bicyclic) bond motifs is 1. The van der Waals surface area contributed by atoms with Gasteiger partial charge in [0.2, 0.25) is 0 Å². The summed E-state index contributed by atoms with van der Waals surface area (Å²) in [6, 6.07) is 9.33. The van der Waals surface area contributed by atoms with E-state index in [2.05, 4.69) is 25.7 Å². The minimum Gasteiger partial charge on any atom is -0.304 e. The largest absolute Gasteiger partial charge is 0.304 e. The van der Waals surface area contributed by atoms with E-state index in [1.54, 1.807) is 19.9 Å². The Morgan fingerprint density at radius 2 is 2.00 bits per heavy atom. The van der Waals surface area contributed by atoms with Crippen molar-refractivity contribution in [1.82, 2.24) is 20.4 Å². The number of nitrogens with zero attached hydrogens (tertiary/aromatic N) is 3. The monoisotopic (exact) mass is 267 g/mol. The molecule has 0 aliphatic carbocycles. The Hall–Kier alpha value is -2.76. The summed E-state index contributed by atoms with van der Waals surface area (Å²) in [4.78, 5) is 12.3. The minimum absolute atomic E-state index is 0.238. The molecule has 6 nitrogen and oxygen atoms in total. The first-order valence-electron chi connectivity index (χ1n) is 6.20. The van der Waals surface area contributed by atoms with Gasteiger partial charge in [0.15, 0.2) is 5.82 Å². The van der Waals surface area contributed by atoms with Gasteiger partial charge in [-0.2, -0.15) is 15.3 Å². The third-order valence-corrected chi connectivity index (χ3v) is 3.05. The smallest absolute Gasteiger partial charge is 0.258 e. The van der Waals surface area contributed by atoms with Crippen molar-refractivity contribution in [2.45, 2.75) is 13.8 Å². The Morgan fingerprint density at radius 3 is 2.85 bits per heavy atom. The van der Waals surface area contributed by atoms with Crippen LogP contribution < -0.4 is 5.32 Å². The number of rotatable bonds is 2. The molecule has 0 unspecified atom stereocenters. The Kier molecular flexibility index (Phi) is 2.90. The maximum atomic E-state index is 12.3. The average molecular weight is 267 g/mol. The lowest BCUT2D eigenvalue weighted by Crippen LogP contribution is -2.15. The van der Waals surface area contributed by atoms with Crippen LogP contribution in [-0.2, 0) is 0 Å². The molecule has 0 aliphatic heterocycles. The Labute approximate surface area is 115 Å². The molecule has 0 spiro atoms. The summed E-state index contributed by atoms with van der Waals surface area (Å²) in [6.45, 7) is 3.55. The lowest BCUT2D eigenvalue weighted by molar-refractivity contribution is 0.102. The lowest BCUT2D eigenvalue weighted by atomic mass is 10.2. The second-order valence-electron chi connectivity index (χ2n) is 4.56. The first-order valence-corrected chi connectivity index (χ1v) is 6.20. The molecule has 6 heteroatoms. The average Bonchev–Trinajstić information content (AvgIpc) is 2.85. The number of nitrogens with one attached hydrogen (secondary N) is 2. The summed E-state index contributed by atoms with van der Waals surface area (Å²) >= 11 is 0. The van der Waals surface area contributed by atoms with Crippen molar-refractivity contribution in [3.63, 3.8) is 0 Å². The number of hydrogen-bond donors (Lipinski definition) is 2. The number of para-hydroxylation sites is 1. The molecule has 0 saturated carbocycles. The Morgan fingerprint density at radius 1 is 1.20 bits per heavy atom. The summed E-state index contributed by atoms with van der Waals surface area (Å²) in [5, 5.41) is 18.5. The van der Waals surface area contributed by atoms with Crippen molar-refractivity contribution in [3.8, 4) is 0 Å².